The number of hydrogen-bond acceptors (Lipinski definition) is 4. The first kappa shape index (κ1) is 15.0. The predicted molar refractivity (Wildman–Crippen MR) is 71.0 cm³/mol. The fourth-order valence-electron chi connectivity index (χ4n) is 1.86. The molecule has 20 heavy (non-hydrogen) atoms. The van der Waals surface area contributed by atoms with E-state index in [0.29, 0.717) is 26.3 Å². The molecule has 1 aromatic rings. The molecule has 0 bridgehead atoms. The molecule has 0 atom stereocenters. The lowest BCUT2D eigenvalue weighted by Gasteiger charge is -2.26. The van der Waals surface area contributed by atoms with Gasteiger partial charge >= 0.3 is 7.60 Å². The maximum atomic E-state index is 11.9. The van der Waals surface area contributed by atoms with E-state index in [1.165, 1.54) is 18.2 Å². The lowest BCUT2D eigenvalue weighted by molar-refractivity contribution is -0.137. The molecule has 8 heteroatoms. The number of carbonyl (C=O) groups excluding carboxylic acids is 1. The molecular weight excluding hydrogens is 285 g/mol. The van der Waals surface area contributed by atoms with Gasteiger partial charge in [-0.1, -0.05) is 12.1 Å². The molecule has 1 aliphatic heterocycles. The normalized spacial score (nSPS) is 16.0. The zero-order valence-electron chi connectivity index (χ0n) is 10.8. The van der Waals surface area contributed by atoms with Crippen LogP contribution in [0.5, 0.6) is 5.75 Å². The van der Waals surface area contributed by atoms with Crippen LogP contribution >= 0.6 is 7.60 Å². The molecule has 7 nitrogen and oxygen atoms in total. The lowest BCUT2D eigenvalue weighted by atomic mass is 10.3. The van der Waals surface area contributed by atoms with Gasteiger partial charge in [-0.3, -0.25) is 9.36 Å². The van der Waals surface area contributed by atoms with Gasteiger partial charge in [0, 0.05) is 13.1 Å². The first-order chi connectivity index (χ1) is 9.48. The van der Waals surface area contributed by atoms with E-state index in [9.17, 15) is 19.1 Å². The van der Waals surface area contributed by atoms with E-state index in [4.69, 9.17) is 9.47 Å². The molecule has 1 aromatic carbocycles. The molecule has 1 aliphatic rings. The number of morpholine rings is 1. The van der Waals surface area contributed by atoms with Gasteiger partial charge in [0.05, 0.1) is 13.2 Å². The summed E-state index contributed by atoms with van der Waals surface area (Å²) in [4.78, 5) is 31.9. The van der Waals surface area contributed by atoms with Crippen LogP contribution in [0, 0.1) is 0 Å². The number of benzene rings is 1. The molecule has 0 radical (unpaired) electrons. The number of amides is 1. The highest BCUT2D eigenvalue weighted by molar-refractivity contribution is 7.60. The van der Waals surface area contributed by atoms with Gasteiger partial charge in [0.25, 0.3) is 5.91 Å². The van der Waals surface area contributed by atoms with Crippen molar-refractivity contribution < 1.29 is 28.6 Å². The first-order valence-electron chi connectivity index (χ1n) is 6.12. The van der Waals surface area contributed by atoms with E-state index in [1.54, 1.807) is 11.0 Å². The van der Waals surface area contributed by atoms with Crippen LogP contribution in [0.3, 0.4) is 0 Å². The van der Waals surface area contributed by atoms with Crippen molar-refractivity contribution in [1.29, 1.82) is 0 Å². The molecule has 1 saturated heterocycles. The minimum Gasteiger partial charge on any atom is -0.483 e. The minimum absolute atomic E-state index is 0.0300. The highest BCUT2D eigenvalue weighted by Crippen LogP contribution is 2.37. The fraction of sp³-hybridized carbons (Fsp3) is 0.417. The van der Waals surface area contributed by atoms with Gasteiger partial charge in [0.15, 0.2) is 6.61 Å². The molecular formula is C12H16NO6P. The van der Waals surface area contributed by atoms with Gasteiger partial charge in [-0.2, -0.15) is 0 Å². The Morgan fingerprint density at radius 3 is 2.60 bits per heavy atom. The largest absolute Gasteiger partial charge is 0.483 e. The zero-order valence-corrected chi connectivity index (χ0v) is 11.7. The average Bonchev–Trinajstić information content (AvgIpc) is 2.45. The summed E-state index contributed by atoms with van der Waals surface area (Å²) in [5.74, 6) is -0.198. The second-order valence-corrected chi connectivity index (χ2v) is 5.86. The third-order valence-corrected chi connectivity index (χ3v) is 3.89. The van der Waals surface area contributed by atoms with Crippen molar-refractivity contribution in [3.63, 3.8) is 0 Å². The van der Waals surface area contributed by atoms with Gasteiger partial charge in [-0.05, 0) is 12.1 Å². The number of para-hydroxylation sites is 1. The van der Waals surface area contributed by atoms with E-state index in [2.05, 4.69) is 0 Å². The SMILES string of the molecule is O=C(COc1ccccc1P(=O)(O)O)N1CCOCC1. The zero-order chi connectivity index (χ0) is 14.6. The number of hydrogen-bond donors (Lipinski definition) is 2. The molecule has 0 unspecified atom stereocenters. The second-order valence-electron chi connectivity index (χ2n) is 4.29. The third-order valence-electron chi connectivity index (χ3n) is 2.89. The van der Waals surface area contributed by atoms with Gasteiger partial charge < -0.3 is 24.2 Å². The Hall–Kier alpha value is -1.40. The summed E-state index contributed by atoms with van der Waals surface area (Å²) in [6.45, 7) is 1.73. The number of ether oxygens (including phenoxy) is 2. The molecule has 2 N–H and O–H groups in total. The Kier molecular flexibility index (Phi) is 4.77. The van der Waals surface area contributed by atoms with Crippen LogP contribution in [0.2, 0.25) is 0 Å². The van der Waals surface area contributed by atoms with Crippen LogP contribution in [0.15, 0.2) is 24.3 Å². The van der Waals surface area contributed by atoms with Crippen LogP contribution in [-0.2, 0) is 14.1 Å². The van der Waals surface area contributed by atoms with Crippen molar-refractivity contribution in [3.05, 3.63) is 24.3 Å². The Balaban J connectivity index is 2.00. The number of carbonyl (C=O) groups is 1. The summed E-state index contributed by atoms with van der Waals surface area (Å²) >= 11 is 0. The Bertz CT molecular complexity index is 522. The summed E-state index contributed by atoms with van der Waals surface area (Å²) in [7, 11) is -4.42. The van der Waals surface area contributed by atoms with Crippen molar-refractivity contribution in [3.8, 4) is 5.75 Å². The molecule has 1 fully saturated rings. The minimum atomic E-state index is -4.42. The van der Waals surface area contributed by atoms with Crippen molar-refractivity contribution in [2.75, 3.05) is 32.9 Å². The van der Waals surface area contributed by atoms with Gasteiger partial charge in [0.1, 0.15) is 11.1 Å². The van der Waals surface area contributed by atoms with E-state index in [1.807, 2.05) is 0 Å². The summed E-state index contributed by atoms with van der Waals surface area (Å²) < 4.78 is 21.7. The number of rotatable bonds is 4. The van der Waals surface area contributed by atoms with Crippen LogP contribution in [-0.4, -0.2) is 53.5 Å². The quantitative estimate of drug-likeness (QED) is 0.743. The molecule has 0 spiro atoms. The summed E-state index contributed by atoms with van der Waals surface area (Å²) in [6.07, 6.45) is 0. The molecule has 110 valence electrons. The average molecular weight is 301 g/mol. The second kappa shape index (κ2) is 6.37. The van der Waals surface area contributed by atoms with Crippen LogP contribution < -0.4 is 10.0 Å². The third kappa shape index (κ3) is 3.80. The van der Waals surface area contributed by atoms with Crippen molar-refractivity contribution in [2.24, 2.45) is 0 Å². The highest BCUT2D eigenvalue weighted by Gasteiger charge is 2.23. The standard InChI is InChI=1S/C12H16NO6P/c14-12(13-5-7-18-8-6-13)9-19-10-3-1-2-4-11(10)20(15,16)17/h1-4H,5-9H2,(H2,15,16,17). The monoisotopic (exact) mass is 301 g/mol. The Labute approximate surface area is 116 Å². The molecule has 0 aliphatic carbocycles. The van der Waals surface area contributed by atoms with E-state index >= 15 is 0 Å². The summed E-state index contributed by atoms with van der Waals surface area (Å²) in [5.41, 5.74) is 0. The fourth-order valence-corrected chi connectivity index (χ4v) is 2.57. The molecule has 1 heterocycles. The van der Waals surface area contributed by atoms with Crippen LogP contribution in [0.1, 0.15) is 0 Å². The number of nitrogens with zero attached hydrogens (tertiary/aromatic N) is 1. The summed E-state index contributed by atoms with van der Waals surface area (Å²) in [6, 6.07) is 5.81. The molecule has 0 saturated carbocycles. The smallest absolute Gasteiger partial charge is 0.359 e. The Morgan fingerprint density at radius 2 is 1.95 bits per heavy atom. The maximum Gasteiger partial charge on any atom is 0.359 e. The van der Waals surface area contributed by atoms with Crippen molar-refractivity contribution >= 4 is 18.8 Å². The van der Waals surface area contributed by atoms with E-state index in [0.717, 1.165) is 0 Å². The van der Waals surface area contributed by atoms with Gasteiger partial charge in [-0.15, -0.1) is 0 Å². The summed E-state index contributed by atoms with van der Waals surface area (Å²) in [5, 5.41) is -0.213. The first-order valence-corrected chi connectivity index (χ1v) is 7.73. The van der Waals surface area contributed by atoms with Gasteiger partial charge in [-0.25, -0.2) is 0 Å². The van der Waals surface area contributed by atoms with Crippen LogP contribution in [0.25, 0.3) is 0 Å². The molecule has 0 aromatic heterocycles. The molecule has 1 amide bonds. The van der Waals surface area contributed by atoms with Gasteiger partial charge in [0.2, 0.25) is 0 Å². The molecule has 2 rings (SSSR count). The van der Waals surface area contributed by atoms with Crippen molar-refractivity contribution in [1.82, 2.24) is 4.90 Å². The lowest BCUT2D eigenvalue weighted by Crippen LogP contribution is -2.43. The maximum absolute atomic E-state index is 11.9. The predicted octanol–water partition coefficient (Wildman–Crippen LogP) is -0.273. The highest BCUT2D eigenvalue weighted by atomic mass is 31.2. The van der Waals surface area contributed by atoms with E-state index < -0.39 is 7.60 Å². The Morgan fingerprint density at radius 1 is 1.30 bits per heavy atom. The van der Waals surface area contributed by atoms with Crippen molar-refractivity contribution in [2.45, 2.75) is 0 Å². The van der Waals surface area contributed by atoms with Crippen LogP contribution in [0.4, 0.5) is 0 Å². The van der Waals surface area contributed by atoms with E-state index in [-0.39, 0.29) is 23.6 Å². The topological polar surface area (TPSA) is 96.3 Å².